The summed E-state index contributed by atoms with van der Waals surface area (Å²) < 4.78 is 1.67. The van der Waals surface area contributed by atoms with Gasteiger partial charge in [-0.2, -0.15) is 5.10 Å². The molecular formula is C14H14Cl2N2O2. The minimum atomic E-state index is -1.01. The third kappa shape index (κ3) is 2.81. The van der Waals surface area contributed by atoms with Crippen LogP contribution in [-0.4, -0.2) is 20.9 Å². The van der Waals surface area contributed by atoms with Crippen molar-refractivity contribution in [3.05, 3.63) is 40.0 Å². The highest BCUT2D eigenvalue weighted by atomic mass is 35.5. The number of carboxylic acids is 1. The first-order valence-corrected chi connectivity index (χ1v) is 6.97. The average Bonchev–Trinajstić information content (AvgIpc) is 2.86. The molecule has 2 rings (SSSR count). The van der Waals surface area contributed by atoms with Gasteiger partial charge in [0.2, 0.25) is 0 Å². The quantitative estimate of drug-likeness (QED) is 0.902. The van der Waals surface area contributed by atoms with Crippen molar-refractivity contribution >= 4 is 29.2 Å². The third-order valence-corrected chi connectivity index (χ3v) is 3.94. The van der Waals surface area contributed by atoms with Crippen LogP contribution >= 0.6 is 23.2 Å². The van der Waals surface area contributed by atoms with Gasteiger partial charge in [0.1, 0.15) is 11.3 Å². The van der Waals surface area contributed by atoms with E-state index in [0.717, 1.165) is 6.42 Å². The van der Waals surface area contributed by atoms with Crippen LogP contribution in [0.15, 0.2) is 24.4 Å². The molecule has 1 unspecified atom stereocenters. The molecule has 0 spiro atoms. The Labute approximate surface area is 126 Å². The maximum absolute atomic E-state index is 11.4. The Bertz CT molecular complexity index is 653. The van der Waals surface area contributed by atoms with E-state index in [1.165, 1.54) is 0 Å². The molecule has 0 bridgehead atoms. The molecule has 2 aromatic rings. The molecule has 1 heterocycles. The van der Waals surface area contributed by atoms with Crippen LogP contribution in [0, 0.1) is 0 Å². The third-order valence-electron chi connectivity index (χ3n) is 3.20. The van der Waals surface area contributed by atoms with Gasteiger partial charge in [0.15, 0.2) is 0 Å². The summed E-state index contributed by atoms with van der Waals surface area (Å²) in [6.07, 6.45) is 2.41. The predicted molar refractivity (Wildman–Crippen MR) is 79.6 cm³/mol. The van der Waals surface area contributed by atoms with Crippen molar-refractivity contribution in [3.63, 3.8) is 0 Å². The van der Waals surface area contributed by atoms with Crippen LogP contribution in [0.5, 0.6) is 0 Å². The van der Waals surface area contributed by atoms with Crippen LogP contribution in [0.3, 0.4) is 0 Å². The molecule has 0 aliphatic rings. The second-order valence-corrected chi connectivity index (χ2v) is 5.38. The van der Waals surface area contributed by atoms with E-state index in [9.17, 15) is 9.90 Å². The van der Waals surface area contributed by atoms with Crippen molar-refractivity contribution in [2.24, 2.45) is 0 Å². The Morgan fingerprint density at radius 3 is 2.65 bits per heavy atom. The lowest BCUT2D eigenvalue weighted by Gasteiger charge is -2.08. The molecule has 0 saturated heterocycles. The minimum absolute atomic E-state index is 0.129. The molecule has 0 aliphatic carbocycles. The van der Waals surface area contributed by atoms with Crippen molar-refractivity contribution in [3.8, 4) is 11.3 Å². The summed E-state index contributed by atoms with van der Waals surface area (Å²) in [5.74, 6) is -1.01. The summed E-state index contributed by atoms with van der Waals surface area (Å²) >= 11 is 11.9. The van der Waals surface area contributed by atoms with Gasteiger partial charge in [-0.15, -0.1) is 0 Å². The number of carboxylic acid groups (broad SMARTS) is 1. The van der Waals surface area contributed by atoms with Crippen molar-refractivity contribution in [2.75, 3.05) is 0 Å². The standard InChI is InChI=1S/C14H14Cl2N2O2/c1-3-8(2)18-7-10(14(19)20)13(17-18)9-4-5-11(15)12(16)6-9/h4-8H,3H2,1-2H3,(H,19,20). The molecule has 0 amide bonds. The van der Waals surface area contributed by atoms with Crippen LogP contribution in [0.25, 0.3) is 11.3 Å². The molecule has 1 atom stereocenters. The van der Waals surface area contributed by atoms with E-state index < -0.39 is 5.97 Å². The summed E-state index contributed by atoms with van der Waals surface area (Å²) in [4.78, 5) is 11.4. The SMILES string of the molecule is CCC(C)n1cc(C(=O)O)c(-c2ccc(Cl)c(Cl)c2)n1. The van der Waals surface area contributed by atoms with Gasteiger partial charge in [0.25, 0.3) is 0 Å². The van der Waals surface area contributed by atoms with Gasteiger partial charge in [-0.25, -0.2) is 4.79 Å². The summed E-state index contributed by atoms with van der Waals surface area (Å²) in [6, 6.07) is 5.10. The van der Waals surface area contributed by atoms with Gasteiger partial charge in [-0.3, -0.25) is 4.68 Å². The van der Waals surface area contributed by atoms with Gasteiger partial charge in [0, 0.05) is 17.8 Å². The topological polar surface area (TPSA) is 55.1 Å². The lowest BCUT2D eigenvalue weighted by Crippen LogP contribution is -2.04. The lowest BCUT2D eigenvalue weighted by molar-refractivity contribution is 0.0697. The normalized spacial score (nSPS) is 12.4. The number of aromatic nitrogens is 2. The van der Waals surface area contributed by atoms with Crippen molar-refractivity contribution in [1.82, 2.24) is 9.78 Å². The molecule has 6 heteroatoms. The number of hydrogen-bond acceptors (Lipinski definition) is 2. The fourth-order valence-electron chi connectivity index (χ4n) is 1.82. The first kappa shape index (κ1) is 14.9. The van der Waals surface area contributed by atoms with Gasteiger partial charge in [0.05, 0.1) is 10.0 Å². The van der Waals surface area contributed by atoms with Gasteiger partial charge in [-0.1, -0.05) is 36.2 Å². The minimum Gasteiger partial charge on any atom is -0.478 e. The average molecular weight is 313 g/mol. The highest BCUT2D eigenvalue weighted by molar-refractivity contribution is 6.42. The molecule has 106 valence electrons. The zero-order valence-electron chi connectivity index (χ0n) is 11.1. The lowest BCUT2D eigenvalue weighted by atomic mass is 10.1. The summed E-state index contributed by atoms with van der Waals surface area (Å²) in [6.45, 7) is 4.00. The molecule has 1 aromatic heterocycles. The molecular weight excluding hydrogens is 299 g/mol. The van der Waals surface area contributed by atoms with E-state index in [1.807, 2.05) is 13.8 Å². The van der Waals surface area contributed by atoms with Crippen LogP contribution in [0.4, 0.5) is 0 Å². The first-order valence-electron chi connectivity index (χ1n) is 6.22. The number of hydrogen-bond donors (Lipinski definition) is 1. The largest absolute Gasteiger partial charge is 0.478 e. The second-order valence-electron chi connectivity index (χ2n) is 4.56. The second kappa shape index (κ2) is 5.85. The van der Waals surface area contributed by atoms with E-state index >= 15 is 0 Å². The fraction of sp³-hybridized carbons (Fsp3) is 0.286. The van der Waals surface area contributed by atoms with Crippen LogP contribution in [0.2, 0.25) is 10.0 Å². The van der Waals surface area contributed by atoms with Crippen molar-refractivity contribution in [2.45, 2.75) is 26.3 Å². The number of halogens is 2. The molecule has 0 fully saturated rings. The molecule has 4 nitrogen and oxygen atoms in total. The monoisotopic (exact) mass is 312 g/mol. The summed E-state index contributed by atoms with van der Waals surface area (Å²) in [5.41, 5.74) is 1.19. The van der Waals surface area contributed by atoms with E-state index in [0.29, 0.717) is 21.3 Å². The van der Waals surface area contributed by atoms with Gasteiger partial charge < -0.3 is 5.11 Å². The summed E-state index contributed by atoms with van der Waals surface area (Å²) in [7, 11) is 0. The zero-order chi connectivity index (χ0) is 14.9. The maximum atomic E-state index is 11.4. The Kier molecular flexibility index (Phi) is 4.35. The van der Waals surface area contributed by atoms with E-state index in [4.69, 9.17) is 23.2 Å². The molecule has 1 N–H and O–H groups in total. The Hall–Kier alpha value is -1.52. The number of carbonyl (C=O) groups is 1. The van der Waals surface area contributed by atoms with E-state index in [1.54, 1.807) is 29.1 Å². The van der Waals surface area contributed by atoms with Gasteiger partial charge in [-0.05, 0) is 25.5 Å². The molecule has 0 aliphatic heterocycles. The number of rotatable bonds is 4. The van der Waals surface area contributed by atoms with E-state index in [-0.39, 0.29) is 11.6 Å². The van der Waals surface area contributed by atoms with Crippen LogP contribution in [-0.2, 0) is 0 Å². The highest BCUT2D eigenvalue weighted by Gasteiger charge is 2.19. The Morgan fingerprint density at radius 1 is 1.40 bits per heavy atom. The first-order chi connectivity index (χ1) is 9.43. The van der Waals surface area contributed by atoms with Crippen LogP contribution < -0.4 is 0 Å². The maximum Gasteiger partial charge on any atom is 0.339 e. The fourth-order valence-corrected chi connectivity index (χ4v) is 2.12. The molecule has 1 aromatic carbocycles. The predicted octanol–water partition coefficient (Wildman–Crippen LogP) is 4.53. The molecule has 20 heavy (non-hydrogen) atoms. The number of nitrogens with zero attached hydrogens (tertiary/aromatic N) is 2. The Balaban J connectivity index is 2.56. The zero-order valence-corrected chi connectivity index (χ0v) is 12.6. The molecule has 0 saturated carbocycles. The number of aromatic carboxylic acids is 1. The van der Waals surface area contributed by atoms with Gasteiger partial charge >= 0.3 is 5.97 Å². The van der Waals surface area contributed by atoms with E-state index in [2.05, 4.69) is 5.10 Å². The highest BCUT2D eigenvalue weighted by Crippen LogP contribution is 2.30. The smallest absolute Gasteiger partial charge is 0.339 e. The Morgan fingerprint density at radius 2 is 2.10 bits per heavy atom. The van der Waals surface area contributed by atoms with Crippen LogP contribution in [0.1, 0.15) is 36.7 Å². The molecule has 0 radical (unpaired) electrons. The van der Waals surface area contributed by atoms with Crippen molar-refractivity contribution in [1.29, 1.82) is 0 Å². The summed E-state index contributed by atoms with van der Waals surface area (Å²) in [5, 5.41) is 14.5. The number of benzene rings is 1. The van der Waals surface area contributed by atoms with Crippen molar-refractivity contribution < 1.29 is 9.90 Å².